The maximum absolute atomic E-state index is 6.17. The van der Waals surface area contributed by atoms with Crippen LogP contribution in [0.4, 0.5) is 11.4 Å². The van der Waals surface area contributed by atoms with Crippen LogP contribution in [0.3, 0.4) is 0 Å². The first kappa shape index (κ1) is 20.0. The number of hydrogen-bond donors (Lipinski definition) is 2. The van der Waals surface area contributed by atoms with Crippen LogP contribution in [0.2, 0.25) is 0 Å². The van der Waals surface area contributed by atoms with Gasteiger partial charge in [-0.25, -0.2) is 0 Å². The molecular formula is C22H32N2O2. The van der Waals surface area contributed by atoms with Crippen molar-refractivity contribution in [2.24, 2.45) is 0 Å². The number of nitrogen functional groups attached to an aromatic ring is 2. The molecule has 0 aliphatic rings. The summed E-state index contributed by atoms with van der Waals surface area (Å²) in [6.45, 7) is 6.17. The molecule has 4 heteroatoms. The molecule has 0 fully saturated rings. The molecule has 26 heavy (non-hydrogen) atoms. The van der Waals surface area contributed by atoms with Crippen LogP contribution in [0.5, 0.6) is 11.5 Å². The minimum Gasteiger partial charge on any atom is -0.455 e. The molecule has 0 spiro atoms. The van der Waals surface area contributed by atoms with Gasteiger partial charge in [0.05, 0.1) is 0 Å². The van der Waals surface area contributed by atoms with Crippen LogP contribution >= 0.6 is 0 Å². The van der Waals surface area contributed by atoms with E-state index in [2.05, 4.69) is 6.92 Å². The van der Waals surface area contributed by atoms with E-state index < -0.39 is 0 Å². The molecule has 4 nitrogen and oxygen atoms in total. The Bertz CT molecular complexity index is 701. The van der Waals surface area contributed by atoms with Crippen molar-refractivity contribution in [3.8, 4) is 11.5 Å². The molecule has 142 valence electrons. The third-order valence-corrected chi connectivity index (χ3v) is 4.64. The van der Waals surface area contributed by atoms with Crippen LogP contribution in [0.1, 0.15) is 56.6 Å². The smallest absolute Gasteiger partial charge is 0.241 e. The highest BCUT2D eigenvalue weighted by atomic mass is 16.7. The van der Waals surface area contributed by atoms with Gasteiger partial charge < -0.3 is 20.9 Å². The molecule has 0 saturated heterocycles. The second-order valence-corrected chi connectivity index (χ2v) is 6.86. The molecule has 0 aliphatic heterocycles. The van der Waals surface area contributed by atoms with E-state index in [1.165, 1.54) is 25.7 Å². The van der Waals surface area contributed by atoms with Crippen LogP contribution in [0.15, 0.2) is 36.4 Å². The van der Waals surface area contributed by atoms with Crippen LogP contribution in [0.25, 0.3) is 0 Å². The van der Waals surface area contributed by atoms with E-state index in [9.17, 15) is 0 Å². The fourth-order valence-corrected chi connectivity index (χ4v) is 2.83. The number of ether oxygens (including phenoxy) is 2. The summed E-state index contributed by atoms with van der Waals surface area (Å²) < 4.78 is 12.3. The molecule has 0 amide bonds. The molecule has 0 radical (unpaired) electrons. The SMILES string of the molecule is CCCCCCCC(Oc1ccc(N)c(C)c1)Oc1cccc(N)c1C. The van der Waals surface area contributed by atoms with Crippen molar-refractivity contribution < 1.29 is 9.47 Å². The van der Waals surface area contributed by atoms with Gasteiger partial charge in [-0.05, 0) is 56.2 Å². The predicted molar refractivity (Wildman–Crippen MR) is 110 cm³/mol. The average Bonchev–Trinajstić information content (AvgIpc) is 2.61. The Hall–Kier alpha value is -2.36. The van der Waals surface area contributed by atoms with Crippen LogP contribution in [0, 0.1) is 13.8 Å². The van der Waals surface area contributed by atoms with Gasteiger partial charge in [-0.2, -0.15) is 0 Å². The maximum atomic E-state index is 6.17. The maximum Gasteiger partial charge on any atom is 0.241 e. The molecule has 2 aromatic carbocycles. The summed E-state index contributed by atoms with van der Waals surface area (Å²) >= 11 is 0. The third-order valence-electron chi connectivity index (χ3n) is 4.64. The van der Waals surface area contributed by atoms with E-state index in [0.717, 1.165) is 46.8 Å². The van der Waals surface area contributed by atoms with Gasteiger partial charge in [0.25, 0.3) is 0 Å². The summed E-state index contributed by atoms with van der Waals surface area (Å²) in [6.07, 6.45) is 6.51. The monoisotopic (exact) mass is 356 g/mol. The molecule has 0 aromatic heterocycles. The number of aryl methyl sites for hydroxylation is 1. The summed E-state index contributed by atoms with van der Waals surface area (Å²) in [7, 11) is 0. The Morgan fingerprint density at radius 3 is 2.38 bits per heavy atom. The van der Waals surface area contributed by atoms with E-state index in [0.29, 0.717) is 0 Å². The van der Waals surface area contributed by atoms with Crippen molar-refractivity contribution in [1.82, 2.24) is 0 Å². The Morgan fingerprint density at radius 1 is 0.885 bits per heavy atom. The van der Waals surface area contributed by atoms with Crippen LogP contribution in [-0.2, 0) is 0 Å². The van der Waals surface area contributed by atoms with E-state index in [1.54, 1.807) is 0 Å². The lowest BCUT2D eigenvalue weighted by atomic mass is 10.1. The first-order chi connectivity index (χ1) is 12.5. The topological polar surface area (TPSA) is 70.5 Å². The summed E-state index contributed by atoms with van der Waals surface area (Å²) in [5.41, 5.74) is 15.4. The van der Waals surface area contributed by atoms with Crippen molar-refractivity contribution in [2.75, 3.05) is 11.5 Å². The number of unbranched alkanes of at least 4 members (excludes halogenated alkanes) is 4. The van der Waals surface area contributed by atoms with Crippen molar-refractivity contribution in [3.05, 3.63) is 47.5 Å². The summed E-state index contributed by atoms with van der Waals surface area (Å²) in [5.74, 6) is 1.55. The molecule has 0 saturated carbocycles. The highest BCUT2D eigenvalue weighted by molar-refractivity contribution is 5.53. The molecule has 1 atom stereocenters. The van der Waals surface area contributed by atoms with Gasteiger partial charge in [0.15, 0.2) is 0 Å². The third kappa shape index (κ3) is 5.87. The second kappa shape index (κ2) is 9.95. The number of nitrogens with two attached hydrogens (primary N) is 2. The molecule has 2 aromatic rings. The molecule has 2 rings (SSSR count). The van der Waals surface area contributed by atoms with Gasteiger partial charge >= 0.3 is 0 Å². The van der Waals surface area contributed by atoms with Gasteiger partial charge in [0.2, 0.25) is 6.29 Å². The molecule has 4 N–H and O–H groups in total. The van der Waals surface area contributed by atoms with Gasteiger partial charge in [0, 0.05) is 23.4 Å². The van der Waals surface area contributed by atoms with E-state index >= 15 is 0 Å². The Labute approximate surface area is 157 Å². The minimum absolute atomic E-state index is 0.347. The van der Waals surface area contributed by atoms with E-state index in [-0.39, 0.29) is 6.29 Å². The zero-order chi connectivity index (χ0) is 18.9. The van der Waals surface area contributed by atoms with Crippen LogP contribution in [-0.4, -0.2) is 6.29 Å². The normalized spacial score (nSPS) is 12.0. The number of benzene rings is 2. The molecule has 0 heterocycles. The first-order valence-corrected chi connectivity index (χ1v) is 9.55. The lowest BCUT2D eigenvalue weighted by Crippen LogP contribution is -2.24. The fourth-order valence-electron chi connectivity index (χ4n) is 2.83. The highest BCUT2D eigenvalue weighted by Gasteiger charge is 2.15. The molecular weight excluding hydrogens is 324 g/mol. The van der Waals surface area contributed by atoms with E-state index in [4.69, 9.17) is 20.9 Å². The summed E-state index contributed by atoms with van der Waals surface area (Å²) in [4.78, 5) is 0. The molecule has 0 bridgehead atoms. The zero-order valence-corrected chi connectivity index (χ0v) is 16.3. The standard InChI is InChI=1S/C22H32N2O2/c1-4-5-6-7-8-12-22(25-18-13-14-19(23)16(2)15-18)26-21-11-9-10-20(24)17(21)3/h9-11,13-15,22H,4-8,12,23-24H2,1-3H3. The summed E-state index contributed by atoms with van der Waals surface area (Å²) in [5, 5.41) is 0. The van der Waals surface area contributed by atoms with Crippen molar-refractivity contribution in [2.45, 2.75) is 65.6 Å². The Balaban J connectivity index is 2.07. The van der Waals surface area contributed by atoms with Gasteiger partial charge in [0.1, 0.15) is 11.5 Å². The minimum atomic E-state index is -0.347. The number of anilines is 2. The Kier molecular flexibility index (Phi) is 7.64. The average molecular weight is 357 g/mol. The first-order valence-electron chi connectivity index (χ1n) is 9.55. The van der Waals surface area contributed by atoms with Crippen LogP contribution < -0.4 is 20.9 Å². The van der Waals surface area contributed by atoms with Gasteiger partial charge in [-0.3, -0.25) is 0 Å². The second-order valence-electron chi connectivity index (χ2n) is 6.86. The number of rotatable bonds is 10. The highest BCUT2D eigenvalue weighted by Crippen LogP contribution is 2.27. The summed E-state index contributed by atoms with van der Waals surface area (Å²) in [6, 6.07) is 11.4. The molecule has 1 unspecified atom stereocenters. The van der Waals surface area contributed by atoms with Crippen molar-refractivity contribution >= 4 is 11.4 Å². The van der Waals surface area contributed by atoms with Crippen molar-refractivity contribution in [1.29, 1.82) is 0 Å². The largest absolute Gasteiger partial charge is 0.455 e. The predicted octanol–water partition coefficient (Wildman–Crippen LogP) is 5.61. The van der Waals surface area contributed by atoms with Crippen molar-refractivity contribution in [3.63, 3.8) is 0 Å². The lowest BCUT2D eigenvalue weighted by Gasteiger charge is -2.22. The molecule has 0 aliphatic carbocycles. The zero-order valence-electron chi connectivity index (χ0n) is 16.3. The van der Waals surface area contributed by atoms with E-state index in [1.807, 2.05) is 50.2 Å². The quantitative estimate of drug-likeness (QED) is 0.330. The Morgan fingerprint density at radius 2 is 1.65 bits per heavy atom. The lowest BCUT2D eigenvalue weighted by molar-refractivity contribution is -0.00290. The van der Waals surface area contributed by atoms with Gasteiger partial charge in [-0.15, -0.1) is 0 Å². The number of hydrogen-bond acceptors (Lipinski definition) is 4. The fraction of sp³-hybridized carbons (Fsp3) is 0.455. The van der Waals surface area contributed by atoms with Gasteiger partial charge in [-0.1, -0.05) is 38.7 Å².